The lowest BCUT2D eigenvalue weighted by atomic mass is 10.1. The Hall–Kier alpha value is -2.33. The van der Waals surface area contributed by atoms with E-state index in [4.69, 9.17) is 11.6 Å². The number of rotatable bonds is 4. The highest BCUT2D eigenvalue weighted by Crippen LogP contribution is 2.43. The number of hydrogen-bond acceptors (Lipinski definition) is 4. The Kier molecular flexibility index (Phi) is 5.55. The summed E-state index contributed by atoms with van der Waals surface area (Å²) in [6.45, 7) is 0.493. The molecular formula is C22H24ClF3N4O3. The number of carbonyl (C=O) groups is 2. The minimum atomic E-state index is -4.66. The molecule has 0 radical (unpaired) electrons. The number of amides is 2. The van der Waals surface area contributed by atoms with Crippen molar-refractivity contribution in [2.45, 2.75) is 50.2 Å². The third-order valence-electron chi connectivity index (χ3n) is 6.99. The molecule has 2 amide bonds. The van der Waals surface area contributed by atoms with E-state index in [1.807, 2.05) is 0 Å². The van der Waals surface area contributed by atoms with Crippen LogP contribution < -0.4 is 0 Å². The van der Waals surface area contributed by atoms with E-state index >= 15 is 0 Å². The molecule has 0 spiro atoms. The van der Waals surface area contributed by atoms with Crippen LogP contribution in [0.3, 0.4) is 0 Å². The van der Waals surface area contributed by atoms with E-state index in [1.54, 1.807) is 11.0 Å². The lowest BCUT2D eigenvalue weighted by molar-refractivity contribution is -0.142. The topological polar surface area (TPSA) is 78.2 Å². The van der Waals surface area contributed by atoms with Gasteiger partial charge in [-0.2, -0.15) is 18.3 Å². The summed E-state index contributed by atoms with van der Waals surface area (Å²) >= 11 is 6.37. The second kappa shape index (κ2) is 8.16. The molecule has 1 saturated heterocycles. The molecule has 5 rings (SSSR count). The first kappa shape index (κ1) is 22.5. The smallest absolute Gasteiger partial charge is 0.396 e. The average molecular weight is 485 g/mol. The second-order valence-electron chi connectivity index (χ2n) is 9.23. The summed E-state index contributed by atoms with van der Waals surface area (Å²) in [6.07, 6.45) is -0.622. The highest BCUT2D eigenvalue weighted by atomic mass is 35.5. The first-order chi connectivity index (χ1) is 15.7. The number of aliphatic hydroxyl groups is 1. The zero-order valence-corrected chi connectivity index (χ0v) is 18.6. The van der Waals surface area contributed by atoms with Crippen LogP contribution in [0, 0.1) is 5.92 Å². The Balaban J connectivity index is 1.40. The molecule has 3 aliphatic rings. The predicted octanol–water partition coefficient (Wildman–Crippen LogP) is 3.33. The van der Waals surface area contributed by atoms with Crippen LogP contribution in [-0.2, 0) is 11.0 Å². The normalized spacial score (nSPS) is 24.2. The van der Waals surface area contributed by atoms with Crippen molar-refractivity contribution in [3.63, 3.8) is 0 Å². The molecule has 3 fully saturated rings. The molecule has 0 bridgehead atoms. The number of hydrogen-bond donors (Lipinski definition) is 1. The van der Waals surface area contributed by atoms with Gasteiger partial charge < -0.3 is 14.9 Å². The summed E-state index contributed by atoms with van der Waals surface area (Å²) in [5, 5.41) is 13.2. The Labute approximate surface area is 193 Å². The van der Waals surface area contributed by atoms with E-state index < -0.39 is 17.8 Å². The highest BCUT2D eigenvalue weighted by molar-refractivity contribution is 6.36. The van der Waals surface area contributed by atoms with Crippen molar-refractivity contribution in [1.29, 1.82) is 0 Å². The van der Waals surface area contributed by atoms with E-state index in [9.17, 15) is 27.9 Å². The fourth-order valence-electron chi connectivity index (χ4n) is 5.02. The zero-order valence-electron chi connectivity index (χ0n) is 17.8. The third-order valence-corrected chi connectivity index (χ3v) is 7.37. The number of fused-ring (bicyclic) bond motifs is 1. The van der Waals surface area contributed by atoms with Crippen LogP contribution in [0.5, 0.6) is 0 Å². The van der Waals surface area contributed by atoms with Gasteiger partial charge >= 0.3 is 6.18 Å². The van der Waals surface area contributed by atoms with E-state index in [0.717, 1.165) is 38.2 Å². The Bertz CT molecular complexity index is 1110. The summed E-state index contributed by atoms with van der Waals surface area (Å²) in [4.78, 5) is 28.9. The number of piperazine rings is 1. The third kappa shape index (κ3) is 4.07. The standard InChI is InChI=1S/C22H24ClF3N4O3/c23-19-16-8-14(13-2-3-13)9-17(22(24,25)26)30(16)27-20(19)21(33)28-5-6-29(18(32)10-28)15-4-1-12(7-15)11-31/h8-9,12-13,15,31H,1-7,10-11H2. The molecule has 178 valence electrons. The van der Waals surface area contributed by atoms with Gasteiger partial charge in [-0.3, -0.25) is 9.59 Å². The predicted molar refractivity (Wildman–Crippen MR) is 113 cm³/mol. The van der Waals surface area contributed by atoms with Crippen LogP contribution in [0.4, 0.5) is 13.2 Å². The van der Waals surface area contributed by atoms with Crippen molar-refractivity contribution >= 4 is 28.9 Å². The molecule has 2 atom stereocenters. The lowest BCUT2D eigenvalue weighted by Crippen LogP contribution is -2.55. The van der Waals surface area contributed by atoms with Gasteiger partial charge in [0, 0.05) is 25.7 Å². The van der Waals surface area contributed by atoms with Crippen molar-refractivity contribution < 1.29 is 27.9 Å². The molecule has 1 aliphatic heterocycles. The highest BCUT2D eigenvalue weighted by Gasteiger charge is 2.40. The summed E-state index contributed by atoms with van der Waals surface area (Å²) in [7, 11) is 0. The molecule has 7 nitrogen and oxygen atoms in total. The summed E-state index contributed by atoms with van der Waals surface area (Å²) in [5.41, 5.74) is -0.666. The molecule has 2 aliphatic carbocycles. The number of carbonyl (C=O) groups excluding carboxylic acids is 2. The SMILES string of the molecule is O=C(c1nn2c(C(F)(F)F)cc(C3CC3)cc2c1Cl)N1CCN(C2CCC(CO)C2)C(=O)C1. The van der Waals surface area contributed by atoms with Crippen molar-refractivity contribution in [1.82, 2.24) is 19.4 Å². The van der Waals surface area contributed by atoms with Gasteiger partial charge in [-0.15, -0.1) is 0 Å². The van der Waals surface area contributed by atoms with Gasteiger partial charge in [-0.1, -0.05) is 11.6 Å². The Morgan fingerprint density at radius 1 is 1.18 bits per heavy atom. The van der Waals surface area contributed by atoms with Crippen LogP contribution >= 0.6 is 11.6 Å². The van der Waals surface area contributed by atoms with E-state index in [1.165, 1.54) is 4.90 Å². The van der Waals surface area contributed by atoms with Gasteiger partial charge in [0.1, 0.15) is 12.2 Å². The van der Waals surface area contributed by atoms with Gasteiger partial charge in [0.25, 0.3) is 5.91 Å². The lowest BCUT2D eigenvalue weighted by Gasteiger charge is -2.37. The Morgan fingerprint density at radius 3 is 2.55 bits per heavy atom. The summed E-state index contributed by atoms with van der Waals surface area (Å²) in [6, 6.07) is 2.69. The maximum atomic E-state index is 13.7. The fourth-order valence-corrected chi connectivity index (χ4v) is 5.28. The Morgan fingerprint density at radius 2 is 1.94 bits per heavy atom. The molecule has 1 N–H and O–H groups in total. The van der Waals surface area contributed by atoms with Crippen LogP contribution in [0.15, 0.2) is 12.1 Å². The number of aliphatic hydroxyl groups excluding tert-OH is 1. The number of aromatic nitrogens is 2. The number of halogens is 4. The number of pyridine rings is 1. The van der Waals surface area contributed by atoms with Gasteiger partial charge in [-0.25, -0.2) is 4.52 Å². The van der Waals surface area contributed by atoms with Crippen LogP contribution in [0.2, 0.25) is 5.02 Å². The van der Waals surface area contributed by atoms with Crippen LogP contribution in [0.25, 0.3) is 5.52 Å². The molecule has 33 heavy (non-hydrogen) atoms. The average Bonchev–Trinajstić information content (AvgIpc) is 3.43. The zero-order chi connectivity index (χ0) is 23.5. The van der Waals surface area contributed by atoms with E-state index in [-0.39, 0.29) is 59.7 Å². The number of alkyl halides is 3. The molecule has 2 unspecified atom stereocenters. The maximum absolute atomic E-state index is 13.7. The van der Waals surface area contributed by atoms with E-state index in [2.05, 4.69) is 5.10 Å². The van der Waals surface area contributed by atoms with Crippen LogP contribution in [-0.4, -0.2) is 68.6 Å². The second-order valence-corrected chi connectivity index (χ2v) is 9.61. The molecule has 2 saturated carbocycles. The van der Waals surface area contributed by atoms with Crippen molar-refractivity contribution in [3.05, 3.63) is 34.1 Å². The fraction of sp³-hybridized carbons (Fsp3) is 0.591. The summed E-state index contributed by atoms with van der Waals surface area (Å²) < 4.78 is 41.8. The van der Waals surface area contributed by atoms with E-state index in [0.29, 0.717) is 16.6 Å². The minimum absolute atomic E-state index is 0.0425. The summed E-state index contributed by atoms with van der Waals surface area (Å²) in [5.74, 6) is -0.627. The monoisotopic (exact) mass is 484 g/mol. The van der Waals surface area contributed by atoms with Crippen molar-refractivity contribution in [2.24, 2.45) is 5.92 Å². The van der Waals surface area contributed by atoms with Gasteiger partial charge in [-0.05, 0) is 61.6 Å². The first-order valence-electron chi connectivity index (χ1n) is 11.2. The van der Waals surface area contributed by atoms with Crippen molar-refractivity contribution in [2.75, 3.05) is 26.2 Å². The molecular weight excluding hydrogens is 461 g/mol. The first-order valence-corrected chi connectivity index (χ1v) is 11.5. The van der Waals surface area contributed by atoms with Gasteiger partial charge in [0.05, 0.1) is 10.5 Å². The molecule has 2 aromatic rings. The van der Waals surface area contributed by atoms with Crippen molar-refractivity contribution in [3.8, 4) is 0 Å². The molecule has 2 aromatic heterocycles. The minimum Gasteiger partial charge on any atom is -0.396 e. The quantitative estimate of drug-likeness (QED) is 0.722. The number of nitrogens with zero attached hydrogens (tertiary/aromatic N) is 4. The van der Waals surface area contributed by atoms with Gasteiger partial charge in [0.2, 0.25) is 5.91 Å². The molecule has 0 aromatic carbocycles. The van der Waals surface area contributed by atoms with Crippen LogP contribution in [0.1, 0.15) is 59.8 Å². The molecule has 3 heterocycles. The van der Waals surface area contributed by atoms with Gasteiger partial charge in [0.15, 0.2) is 5.69 Å². The molecule has 11 heteroatoms. The largest absolute Gasteiger partial charge is 0.433 e. The maximum Gasteiger partial charge on any atom is 0.433 e.